The van der Waals surface area contributed by atoms with Crippen LogP contribution < -0.4 is 5.73 Å². The molecule has 0 fully saturated rings. The van der Waals surface area contributed by atoms with Gasteiger partial charge < -0.3 is 5.73 Å². The van der Waals surface area contributed by atoms with Gasteiger partial charge in [-0.05, 0) is 40.9 Å². The van der Waals surface area contributed by atoms with Gasteiger partial charge in [-0.2, -0.15) is 0 Å². The standard InChI is InChI=1S/C14H21N/c1-9(2)12-8-10-11(14(12,3)4)6-5-7-13(10)15/h5-7,9,12H,8,15H2,1-4H3/t12-/m1/s1. The first-order valence-corrected chi connectivity index (χ1v) is 5.82. The fraction of sp³-hybridized carbons (Fsp3) is 0.571. The first kappa shape index (κ1) is 10.5. The molecule has 0 amide bonds. The number of hydrogen-bond acceptors (Lipinski definition) is 1. The van der Waals surface area contributed by atoms with E-state index in [1.165, 1.54) is 11.1 Å². The van der Waals surface area contributed by atoms with Gasteiger partial charge >= 0.3 is 0 Å². The van der Waals surface area contributed by atoms with Crippen molar-refractivity contribution < 1.29 is 0 Å². The van der Waals surface area contributed by atoms with Crippen LogP contribution in [0.1, 0.15) is 38.8 Å². The van der Waals surface area contributed by atoms with E-state index in [-0.39, 0.29) is 5.41 Å². The first-order chi connectivity index (χ1) is 6.94. The Morgan fingerprint density at radius 3 is 2.53 bits per heavy atom. The third kappa shape index (κ3) is 1.45. The van der Waals surface area contributed by atoms with E-state index in [1.54, 1.807) is 0 Å². The molecule has 0 heterocycles. The summed E-state index contributed by atoms with van der Waals surface area (Å²) in [5.74, 6) is 1.43. The Bertz CT molecular complexity index is 377. The zero-order chi connectivity index (χ0) is 11.2. The van der Waals surface area contributed by atoms with Crippen molar-refractivity contribution in [3.8, 4) is 0 Å². The van der Waals surface area contributed by atoms with E-state index in [4.69, 9.17) is 5.73 Å². The zero-order valence-electron chi connectivity index (χ0n) is 10.2. The van der Waals surface area contributed by atoms with Crippen LogP contribution in [0.25, 0.3) is 0 Å². The number of anilines is 1. The number of hydrogen-bond donors (Lipinski definition) is 1. The van der Waals surface area contributed by atoms with Crippen molar-refractivity contribution in [1.29, 1.82) is 0 Å². The summed E-state index contributed by atoms with van der Waals surface area (Å²) in [6.07, 6.45) is 1.15. The minimum absolute atomic E-state index is 0.277. The molecule has 0 aromatic heterocycles. The van der Waals surface area contributed by atoms with E-state index < -0.39 is 0 Å². The molecule has 0 aliphatic heterocycles. The van der Waals surface area contributed by atoms with Gasteiger partial charge in [0.05, 0.1) is 0 Å². The molecule has 15 heavy (non-hydrogen) atoms. The lowest BCUT2D eigenvalue weighted by Gasteiger charge is -2.31. The second kappa shape index (κ2) is 3.26. The van der Waals surface area contributed by atoms with E-state index in [2.05, 4.69) is 39.8 Å². The summed E-state index contributed by atoms with van der Waals surface area (Å²) in [6.45, 7) is 9.33. The van der Waals surface area contributed by atoms with Gasteiger partial charge in [-0.3, -0.25) is 0 Å². The highest BCUT2D eigenvalue weighted by atomic mass is 14.6. The van der Waals surface area contributed by atoms with E-state index in [0.717, 1.165) is 18.0 Å². The third-order valence-electron chi connectivity index (χ3n) is 4.06. The normalized spacial score (nSPS) is 23.1. The number of fused-ring (bicyclic) bond motifs is 1. The fourth-order valence-electron chi connectivity index (χ4n) is 3.18. The summed E-state index contributed by atoms with van der Waals surface area (Å²) >= 11 is 0. The molecular weight excluding hydrogens is 182 g/mol. The van der Waals surface area contributed by atoms with Gasteiger partial charge in [0.1, 0.15) is 0 Å². The minimum atomic E-state index is 0.277. The number of rotatable bonds is 1. The molecule has 82 valence electrons. The van der Waals surface area contributed by atoms with Crippen molar-refractivity contribution in [2.75, 3.05) is 5.73 Å². The predicted molar refractivity (Wildman–Crippen MR) is 65.9 cm³/mol. The SMILES string of the molecule is CC(C)[C@H]1Cc2c(N)cccc2C1(C)C. The molecule has 0 unspecified atom stereocenters. The van der Waals surface area contributed by atoms with Gasteiger partial charge in [-0.1, -0.05) is 39.8 Å². The Morgan fingerprint density at radius 2 is 2.00 bits per heavy atom. The monoisotopic (exact) mass is 203 g/mol. The maximum atomic E-state index is 6.06. The van der Waals surface area contributed by atoms with E-state index in [1.807, 2.05) is 6.07 Å². The van der Waals surface area contributed by atoms with Gasteiger partial charge in [0.2, 0.25) is 0 Å². The molecule has 1 nitrogen and oxygen atoms in total. The molecule has 1 aliphatic carbocycles. The largest absolute Gasteiger partial charge is 0.398 e. The van der Waals surface area contributed by atoms with Gasteiger partial charge in [0.25, 0.3) is 0 Å². The van der Waals surface area contributed by atoms with Gasteiger partial charge in [0.15, 0.2) is 0 Å². The summed E-state index contributed by atoms with van der Waals surface area (Å²) in [5.41, 5.74) is 10.2. The number of nitrogens with two attached hydrogens (primary N) is 1. The Morgan fingerprint density at radius 1 is 1.33 bits per heavy atom. The van der Waals surface area contributed by atoms with Crippen molar-refractivity contribution in [2.45, 2.75) is 39.5 Å². The van der Waals surface area contributed by atoms with Crippen LogP contribution in [0, 0.1) is 11.8 Å². The van der Waals surface area contributed by atoms with Crippen molar-refractivity contribution >= 4 is 5.69 Å². The topological polar surface area (TPSA) is 26.0 Å². The van der Waals surface area contributed by atoms with Crippen LogP contribution in [-0.4, -0.2) is 0 Å². The summed E-state index contributed by atoms with van der Waals surface area (Å²) in [4.78, 5) is 0. The molecule has 2 N–H and O–H groups in total. The lowest BCUT2D eigenvalue weighted by atomic mass is 9.73. The van der Waals surface area contributed by atoms with Crippen LogP contribution in [0.2, 0.25) is 0 Å². The van der Waals surface area contributed by atoms with Crippen molar-refractivity contribution in [2.24, 2.45) is 11.8 Å². The van der Waals surface area contributed by atoms with E-state index >= 15 is 0 Å². The first-order valence-electron chi connectivity index (χ1n) is 5.82. The van der Waals surface area contributed by atoms with Crippen LogP contribution in [-0.2, 0) is 11.8 Å². The minimum Gasteiger partial charge on any atom is -0.398 e. The Kier molecular flexibility index (Phi) is 2.29. The Balaban J connectivity index is 2.52. The van der Waals surface area contributed by atoms with E-state index in [0.29, 0.717) is 5.92 Å². The maximum absolute atomic E-state index is 6.06. The van der Waals surface area contributed by atoms with E-state index in [9.17, 15) is 0 Å². The molecule has 0 bridgehead atoms. The smallest absolute Gasteiger partial charge is 0.0349 e. The second-order valence-electron chi connectivity index (χ2n) is 5.65. The third-order valence-corrected chi connectivity index (χ3v) is 4.06. The quantitative estimate of drug-likeness (QED) is 0.696. The lowest BCUT2D eigenvalue weighted by molar-refractivity contribution is 0.265. The lowest BCUT2D eigenvalue weighted by Crippen LogP contribution is -2.28. The van der Waals surface area contributed by atoms with Crippen LogP contribution in [0.3, 0.4) is 0 Å². The molecule has 0 saturated heterocycles. The van der Waals surface area contributed by atoms with Crippen LogP contribution >= 0.6 is 0 Å². The van der Waals surface area contributed by atoms with Gasteiger partial charge in [0, 0.05) is 5.69 Å². The summed E-state index contributed by atoms with van der Waals surface area (Å²) in [7, 11) is 0. The Labute approximate surface area is 92.7 Å². The predicted octanol–water partition coefficient (Wildman–Crippen LogP) is 3.37. The van der Waals surface area contributed by atoms with Gasteiger partial charge in [-0.25, -0.2) is 0 Å². The summed E-state index contributed by atoms with van der Waals surface area (Å²) in [6, 6.07) is 6.35. The fourth-order valence-corrected chi connectivity index (χ4v) is 3.18. The molecule has 1 aromatic rings. The van der Waals surface area contributed by atoms with Crippen molar-refractivity contribution in [3.05, 3.63) is 29.3 Å². The molecule has 0 saturated carbocycles. The zero-order valence-corrected chi connectivity index (χ0v) is 10.2. The average molecular weight is 203 g/mol. The highest BCUT2D eigenvalue weighted by molar-refractivity contribution is 5.56. The van der Waals surface area contributed by atoms with Crippen LogP contribution in [0.5, 0.6) is 0 Å². The van der Waals surface area contributed by atoms with Crippen LogP contribution in [0.15, 0.2) is 18.2 Å². The molecule has 1 aliphatic rings. The van der Waals surface area contributed by atoms with Crippen molar-refractivity contribution in [3.63, 3.8) is 0 Å². The maximum Gasteiger partial charge on any atom is 0.0349 e. The number of nitrogen functional groups attached to an aromatic ring is 1. The van der Waals surface area contributed by atoms with Crippen LogP contribution in [0.4, 0.5) is 5.69 Å². The molecule has 1 atom stereocenters. The average Bonchev–Trinajstić information content (AvgIpc) is 2.40. The van der Waals surface area contributed by atoms with Gasteiger partial charge in [-0.15, -0.1) is 0 Å². The number of benzene rings is 1. The highest BCUT2D eigenvalue weighted by Crippen LogP contribution is 2.47. The molecule has 0 spiro atoms. The molecule has 1 heteroatoms. The summed E-state index contributed by atoms with van der Waals surface area (Å²) in [5, 5.41) is 0. The van der Waals surface area contributed by atoms with Crippen molar-refractivity contribution in [1.82, 2.24) is 0 Å². The molecule has 0 radical (unpaired) electrons. The summed E-state index contributed by atoms with van der Waals surface area (Å²) < 4.78 is 0. The molecular formula is C14H21N. The highest BCUT2D eigenvalue weighted by Gasteiger charge is 2.41. The molecule has 2 rings (SSSR count). The second-order valence-corrected chi connectivity index (χ2v) is 5.65. The Hall–Kier alpha value is -0.980. The molecule has 1 aromatic carbocycles.